The molecule has 4 heteroatoms. The number of hydrogen-bond acceptors (Lipinski definition) is 3. The third kappa shape index (κ3) is 3.27. The number of aliphatic hydroxyl groups is 1. The van der Waals surface area contributed by atoms with Crippen LogP contribution in [-0.2, 0) is 5.60 Å². The Morgan fingerprint density at radius 3 is 2.30 bits per heavy atom. The third-order valence-corrected chi connectivity index (χ3v) is 6.91. The van der Waals surface area contributed by atoms with E-state index in [0.717, 1.165) is 31.6 Å². The molecule has 1 atom stereocenters. The van der Waals surface area contributed by atoms with Crippen LogP contribution in [0.1, 0.15) is 16.7 Å². The maximum atomic E-state index is 12.3. The monoisotopic (exact) mass is 471 g/mol. The van der Waals surface area contributed by atoms with E-state index in [1.165, 1.54) is 10.1 Å². The van der Waals surface area contributed by atoms with E-state index < -0.39 is 5.60 Å². The van der Waals surface area contributed by atoms with Gasteiger partial charge in [0.15, 0.2) is 0 Å². The minimum Gasteiger partial charge on any atom is -0.376 e. The van der Waals surface area contributed by atoms with Gasteiger partial charge in [0.1, 0.15) is 5.60 Å². The lowest BCUT2D eigenvalue weighted by Gasteiger charge is -2.31. The van der Waals surface area contributed by atoms with Gasteiger partial charge in [-0.15, -0.1) is 11.3 Å². The summed E-state index contributed by atoms with van der Waals surface area (Å²) in [7, 11) is 0. The molecule has 2 heterocycles. The van der Waals surface area contributed by atoms with E-state index >= 15 is 0 Å². The summed E-state index contributed by atoms with van der Waals surface area (Å²) < 4.78 is 2.06. The molecule has 30 heavy (non-hydrogen) atoms. The van der Waals surface area contributed by atoms with Crippen LogP contribution in [0.4, 0.5) is 0 Å². The molecule has 0 aliphatic carbocycles. The first-order chi connectivity index (χ1) is 14.7. The van der Waals surface area contributed by atoms with Gasteiger partial charge in [-0.3, -0.25) is 4.98 Å². The Hall–Kier alpha value is -2.79. The average Bonchev–Trinajstić information content (AvgIpc) is 3.23. The summed E-state index contributed by atoms with van der Waals surface area (Å²) in [6.45, 7) is 0. The highest BCUT2D eigenvalue weighted by Gasteiger charge is 2.36. The molecular weight excluding hydrogens is 454 g/mol. The summed E-state index contributed by atoms with van der Waals surface area (Å²) in [5, 5.41) is 13.5. The molecule has 0 radical (unpaired) electrons. The van der Waals surface area contributed by atoms with Crippen molar-refractivity contribution in [3.8, 4) is 10.4 Å². The minimum atomic E-state index is -1.34. The molecule has 0 fully saturated rings. The second kappa shape index (κ2) is 7.80. The molecule has 1 unspecified atom stereocenters. The molecule has 0 saturated heterocycles. The highest BCUT2D eigenvalue weighted by atomic mass is 79.9. The predicted molar refractivity (Wildman–Crippen MR) is 128 cm³/mol. The van der Waals surface area contributed by atoms with E-state index in [4.69, 9.17) is 0 Å². The largest absolute Gasteiger partial charge is 0.376 e. The van der Waals surface area contributed by atoms with Gasteiger partial charge < -0.3 is 5.11 Å². The molecule has 1 N–H and O–H groups in total. The number of aromatic nitrogens is 1. The first-order valence-corrected chi connectivity index (χ1v) is 11.2. The van der Waals surface area contributed by atoms with Crippen LogP contribution >= 0.6 is 27.3 Å². The van der Waals surface area contributed by atoms with Crippen molar-refractivity contribution in [1.82, 2.24) is 4.98 Å². The van der Waals surface area contributed by atoms with Crippen molar-refractivity contribution >= 4 is 37.4 Å². The molecular formula is C26H18BrNOS. The molecule has 146 valence electrons. The fourth-order valence-electron chi connectivity index (χ4n) is 3.89. The van der Waals surface area contributed by atoms with Gasteiger partial charge in [-0.1, -0.05) is 72.8 Å². The molecule has 0 spiro atoms. The molecule has 5 aromatic rings. The van der Waals surface area contributed by atoms with Gasteiger partial charge in [-0.05, 0) is 50.6 Å². The number of hydrogen-bond donors (Lipinski definition) is 1. The van der Waals surface area contributed by atoms with Crippen LogP contribution in [-0.4, -0.2) is 10.1 Å². The Bertz CT molecular complexity index is 1300. The zero-order chi connectivity index (χ0) is 20.6. The normalized spacial score (nSPS) is 13.3. The van der Waals surface area contributed by atoms with E-state index in [-0.39, 0.29) is 0 Å². The number of benzene rings is 3. The van der Waals surface area contributed by atoms with Crippen LogP contribution in [0.3, 0.4) is 0 Å². The number of rotatable bonds is 4. The van der Waals surface area contributed by atoms with Crippen molar-refractivity contribution in [3.05, 3.63) is 125 Å². The van der Waals surface area contributed by atoms with E-state index in [1.807, 2.05) is 54.6 Å². The molecule has 0 saturated carbocycles. The first kappa shape index (κ1) is 19.2. The molecule has 0 bridgehead atoms. The maximum Gasteiger partial charge on any atom is 0.142 e. The minimum absolute atomic E-state index is 0.719. The third-order valence-electron chi connectivity index (χ3n) is 5.32. The number of nitrogens with zero attached hydrogens (tertiary/aromatic N) is 1. The number of halogens is 1. The van der Waals surface area contributed by atoms with E-state index in [0.29, 0.717) is 0 Å². The zero-order valence-electron chi connectivity index (χ0n) is 16.0. The summed E-state index contributed by atoms with van der Waals surface area (Å²) >= 11 is 5.25. The lowest BCUT2D eigenvalue weighted by Crippen LogP contribution is -2.29. The quantitative estimate of drug-likeness (QED) is 0.305. The molecule has 0 aliphatic heterocycles. The predicted octanol–water partition coefficient (Wildman–Crippen LogP) is 7.01. The standard InChI is InChI=1S/C26H18BrNOS/c27-21-15-20(16-28-17-21)26(29,19-9-2-1-3-10-19)23-12-6-5-11-22(23)25-14-18-8-4-7-13-24(18)30-25/h1-17,29H. The van der Waals surface area contributed by atoms with Crippen LogP contribution in [0.5, 0.6) is 0 Å². The van der Waals surface area contributed by atoms with E-state index in [2.05, 4.69) is 57.3 Å². The number of thiophene rings is 1. The summed E-state index contributed by atoms with van der Waals surface area (Å²) in [5.41, 5.74) is 2.04. The number of pyridine rings is 1. The Labute approximate surface area is 187 Å². The fraction of sp³-hybridized carbons (Fsp3) is 0.0385. The second-order valence-electron chi connectivity index (χ2n) is 7.16. The van der Waals surface area contributed by atoms with Crippen LogP contribution in [0.15, 0.2) is 108 Å². The van der Waals surface area contributed by atoms with Crippen LogP contribution in [0, 0.1) is 0 Å². The van der Waals surface area contributed by atoms with Crippen molar-refractivity contribution in [3.63, 3.8) is 0 Å². The molecule has 0 amide bonds. The van der Waals surface area contributed by atoms with Gasteiger partial charge in [0.25, 0.3) is 0 Å². The van der Waals surface area contributed by atoms with Crippen molar-refractivity contribution in [2.75, 3.05) is 0 Å². The number of fused-ring (bicyclic) bond motifs is 1. The van der Waals surface area contributed by atoms with Gasteiger partial charge in [0.05, 0.1) is 0 Å². The summed E-state index contributed by atoms with van der Waals surface area (Å²) in [6.07, 6.45) is 3.46. The highest BCUT2D eigenvalue weighted by Crippen LogP contribution is 2.44. The second-order valence-corrected chi connectivity index (χ2v) is 9.16. The summed E-state index contributed by atoms with van der Waals surface area (Å²) in [5.74, 6) is 0. The SMILES string of the molecule is OC(c1ccccc1)(c1cncc(Br)c1)c1ccccc1-c1cc2ccccc2s1. The lowest BCUT2D eigenvalue weighted by molar-refractivity contribution is 0.126. The fourth-order valence-corrected chi connectivity index (χ4v) is 5.36. The molecule has 0 aliphatic rings. The van der Waals surface area contributed by atoms with E-state index in [9.17, 15) is 5.11 Å². The van der Waals surface area contributed by atoms with Gasteiger partial charge in [0.2, 0.25) is 0 Å². The Balaban J connectivity index is 1.79. The van der Waals surface area contributed by atoms with Gasteiger partial charge >= 0.3 is 0 Å². The van der Waals surface area contributed by atoms with Gasteiger partial charge in [-0.2, -0.15) is 0 Å². The van der Waals surface area contributed by atoms with Crippen LogP contribution in [0.2, 0.25) is 0 Å². The Morgan fingerprint density at radius 2 is 1.50 bits per heavy atom. The summed E-state index contributed by atoms with van der Waals surface area (Å²) in [6, 6.07) is 30.4. The van der Waals surface area contributed by atoms with Gasteiger partial charge in [0, 0.05) is 37.6 Å². The topological polar surface area (TPSA) is 33.1 Å². The Morgan fingerprint density at radius 1 is 0.767 bits per heavy atom. The van der Waals surface area contributed by atoms with E-state index in [1.54, 1.807) is 23.7 Å². The zero-order valence-corrected chi connectivity index (χ0v) is 18.4. The smallest absolute Gasteiger partial charge is 0.142 e. The van der Waals surface area contributed by atoms with Crippen molar-refractivity contribution in [2.24, 2.45) is 0 Å². The lowest BCUT2D eigenvalue weighted by atomic mass is 9.78. The van der Waals surface area contributed by atoms with Gasteiger partial charge in [-0.25, -0.2) is 0 Å². The molecule has 2 aromatic heterocycles. The molecule has 2 nitrogen and oxygen atoms in total. The van der Waals surface area contributed by atoms with Crippen LogP contribution < -0.4 is 0 Å². The van der Waals surface area contributed by atoms with Crippen molar-refractivity contribution in [2.45, 2.75) is 5.60 Å². The highest BCUT2D eigenvalue weighted by molar-refractivity contribution is 9.10. The van der Waals surface area contributed by atoms with Crippen molar-refractivity contribution in [1.29, 1.82) is 0 Å². The molecule has 5 rings (SSSR count). The maximum absolute atomic E-state index is 12.3. The summed E-state index contributed by atoms with van der Waals surface area (Å²) in [4.78, 5) is 5.46. The first-order valence-electron chi connectivity index (χ1n) is 9.63. The average molecular weight is 472 g/mol. The Kier molecular flexibility index (Phi) is 4.99. The van der Waals surface area contributed by atoms with Crippen LogP contribution in [0.25, 0.3) is 20.5 Å². The van der Waals surface area contributed by atoms with Crippen molar-refractivity contribution < 1.29 is 5.11 Å². The molecule has 3 aromatic carbocycles.